The second kappa shape index (κ2) is 7.17. The first-order valence-electron chi connectivity index (χ1n) is 6.11. The maximum absolute atomic E-state index is 11.7. The van der Waals surface area contributed by atoms with Crippen molar-refractivity contribution in [3.63, 3.8) is 0 Å². The number of nitrogens with one attached hydrogen (secondary N) is 1. The highest BCUT2D eigenvalue weighted by Crippen LogP contribution is 2.25. The number of carbonyl (C=O) groups excluding carboxylic acids is 1. The predicted molar refractivity (Wildman–Crippen MR) is 68.5 cm³/mol. The Morgan fingerprint density at radius 1 is 1.44 bits per heavy atom. The highest BCUT2D eigenvalue weighted by atomic mass is 32.2. The molecule has 0 aromatic rings. The molecular weight excluding hydrogens is 222 g/mol. The molecule has 0 aliphatic carbocycles. The highest BCUT2D eigenvalue weighted by Gasteiger charge is 2.19. The molecule has 94 valence electrons. The Morgan fingerprint density at radius 2 is 2.06 bits per heavy atom. The Hall–Kier alpha value is -0.220. The van der Waals surface area contributed by atoms with Gasteiger partial charge in [-0.15, -0.1) is 0 Å². The van der Waals surface area contributed by atoms with Crippen molar-refractivity contribution < 1.29 is 9.90 Å². The Bertz CT molecular complexity index is 211. The molecule has 1 fully saturated rings. The summed E-state index contributed by atoms with van der Waals surface area (Å²) in [5.74, 6) is 3.23. The fraction of sp³-hybridized carbons (Fsp3) is 0.917. The molecule has 1 rings (SSSR count). The summed E-state index contributed by atoms with van der Waals surface area (Å²) in [5, 5.41) is 12.0. The van der Waals surface area contributed by atoms with Gasteiger partial charge in [0.2, 0.25) is 5.91 Å². The van der Waals surface area contributed by atoms with Crippen LogP contribution in [0.5, 0.6) is 0 Å². The third-order valence-electron chi connectivity index (χ3n) is 3.35. The molecular formula is C12H23NO2S. The fourth-order valence-corrected chi connectivity index (χ4v) is 3.03. The number of amides is 1. The van der Waals surface area contributed by atoms with Crippen LogP contribution in [0.25, 0.3) is 0 Å². The molecule has 0 radical (unpaired) electrons. The Labute approximate surface area is 102 Å². The summed E-state index contributed by atoms with van der Waals surface area (Å²) in [6.45, 7) is 4.03. The molecule has 1 aliphatic heterocycles. The molecule has 2 atom stereocenters. The lowest BCUT2D eigenvalue weighted by molar-refractivity contribution is -0.123. The Morgan fingerprint density at radius 3 is 2.62 bits per heavy atom. The molecule has 2 N–H and O–H groups in total. The number of carbonyl (C=O) groups is 1. The van der Waals surface area contributed by atoms with Crippen LogP contribution < -0.4 is 5.32 Å². The van der Waals surface area contributed by atoms with E-state index in [2.05, 4.69) is 5.32 Å². The summed E-state index contributed by atoms with van der Waals surface area (Å²) in [4.78, 5) is 11.7. The van der Waals surface area contributed by atoms with Gasteiger partial charge in [-0.05, 0) is 43.1 Å². The Balaban J connectivity index is 2.23. The monoisotopic (exact) mass is 245 g/mol. The zero-order valence-corrected chi connectivity index (χ0v) is 11.1. The molecule has 0 spiro atoms. The van der Waals surface area contributed by atoms with Crippen LogP contribution in [-0.2, 0) is 4.79 Å². The maximum atomic E-state index is 11.7. The number of rotatable bonds is 5. The number of aliphatic hydroxyl groups is 1. The minimum Gasteiger partial charge on any atom is -0.396 e. The minimum atomic E-state index is 0.0652. The zero-order chi connectivity index (χ0) is 12.0. The van der Waals surface area contributed by atoms with Crippen molar-refractivity contribution in [3.05, 3.63) is 0 Å². The van der Waals surface area contributed by atoms with Gasteiger partial charge in [0, 0.05) is 19.1 Å². The van der Waals surface area contributed by atoms with Gasteiger partial charge in [-0.2, -0.15) is 11.8 Å². The van der Waals surface area contributed by atoms with E-state index in [9.17, 15) is 4.79 Å². The second-order valence-corrected chi connectivity index (χ2v) is 6.00. The molecule has 0 saturated carbocycles. The van der Waals surface area contributed by atoms with Crippen LogP contribution in [0.3, 0.4) is 0 Å². The first-order valence-corrected chi connectivity index (χ1v) is 7.27. The molecule has 16 heavy (non-hydrogen) atoms. The van der Waals surface area contributed by atoms with Crippen LogP contribution in [0.2, 0.25) is 0 Å². The van der Waals surface area contributed by atoms with E-state index in [1.54, 1.807) is 0 Å². The largest absolute Gasteiger partial charge is 0.396 e. The quantitative estimate of drug-likeness (QED) is 0.774. The first-order chi connectivity index (χ1) is 7.63. The molecule has 0 aromatic heterocycles. The molecule has 1 aliphatic rings. The van der Waals surface area contributed by atoms with Gasteiger partial charge in [-0.3, -0.25) is 4.79 Å². The molecule has 2 unspecified atom stereocenters. The van der Waals surface area contributed by atoms with Crippen LogP contribution in [0.4, 0.5) is 0 Å². The van der Waals surface area contributed by atoms with Crippen LogP contribution in [0.15, 0.2) is 0 Å². The van der Waals surface area contributed by atoms with E-state index in [1.807, 2.05) is 25.6 Å². The van der Waals surface area contributed by atoms with E-state index in [0.717, 1.165) is 0 Å². The van der Waals surface area contributed by atoms with E-state index in [4.69, 9.17) is 5.11 Å². The maximum Gasteiger partial charge on any atom is 0.220 e. The van der Waals surface area contributed by atoms with Crippen molar-refractivity contribution in [2.45, 2.75) is 39.2 Å². The van der Waals surface area contributed by atoms with Crippen LogP contribution >= 0.6 is 11.8 Å². The molecule has 1 saturated heterocycles. The number of thioether (sulfide) groups is 1. The average molecular weight is 245 g/mol. The van der Waals surface area contributed by atoms with Crippen LogP contribution in [-0.4, -0.2) is 35.2 Å². The summed E-state index contributed by atoms with van der Waals surface area (Å²) in [6.07, 6.45) is 2.99. The lowest BCUT2D eigenvalue weighted by Crippen LogP contribution is -2.39. The summed E-state index contributed by atoms with van der Waals surface area (Å²) < 4.78 is 0. The van der Waals surface area contributed by atoms with Crippen molar-refractivity contribution in [1.29, 1.82) is 0 Å². The summed E-state index contributed by atoms with van der Waals surface area (Å²) in [6, 6.07) is 0.0652. The summed E-state index contributed by atoms with van der Waals surface area (Å²) in [7, 11) is 0. The summed E-state index contributed by atoms with van der Waals surface area (Å²) in [5.41, 5.74) is 0. The SMILES string of the molecule is CC(CO)C(C)NC(=O)CC1CCSCC1. The molecule has 1 amide bonds. The molecule has 0 aromatic carbocycles. The van der Waals surface area contributed by atoms with E-state index < -0.39 is 0 Å². The third-order valence-corrected chi connectivity index (χ3v) is 4.39. The van der Waals surface area contributed by atoms with Crippen LogP contribution in [0, 0.1) is 11.8 Å². The van der Waals surface area contributed by atoms with Gasteiger partial charge < -0.3 is 10.4 Å². The van der Waals surface area contributed by atoms with E-state index in [0.29, 0.717) is 12.3 Å². The summed E-state index contributed by atoms with van der Waals surface area (Å²) >= 11 is 1.98. The third kappa shape index (κ3) is 4.74. The van der Waals surface area contributed by atoms with Crippen molar-refractivity contribution in [2.24, 2.45) is 11.8 Å². The number of hydrogen-bond donors (Lipinski definition) is 2. The normalized spacial score (nSPS) is 21.4. The minimum absolute atomic E-state index is 0.0652. The lowest BCUT2D eigenvalue weighted by atomic mass is 9.97. The lowest BCUT2D eigenvalue weighted by Gasteiger charge is -2.23. The second-order valence-electron chi connectivity index (χ2n) is 4.78. The van der Waals surface area contributed by atoms with Crippen molar-refractivity contribution >= 4 is 17.7 Å². The first kappa shape index (κ1) is 13.8. The van der Waals surface area contributed by atoms with E-state index >= 15 is 0 Å². The van der Waals surface area contributed by atoms with E-state index in [1.165, 1.54) is 24.3 Å². The van der Waals surface area contributed by atoms with Crippen molar-refractivity contribution in [3.8, 4) is 0 Å². The van der Waals surface area contributed by atoms with Gasteiger partial charge in [0.15, 0.2) is 0 Å². The number of hydrogen-bond acceptors (Lipinski definition) is 3. The molecule has 0 bridgehead atoms. The van der Waals surface area contributed by atoms with Gasteiger partial charge in [-0.1, -0.05) is 6.92 Å². The Kier molecular flexibility index (Phi) is 6.21. The van der Waals surface area contributed by atoms with E-state index in [-0.39, 0.29) is 24.5 Å². The molecule has 1 heterocycles. The van der Waals surface area contributed by atoms with Crippen LogP contribution in [0.1, 0.15) is 33.1 Å². The highest BCUT2D eigenvalue weighted by molar-refractivity contribution is 7.99. The topological polar surface area (TPSA) is 49.3 Å². The predicted octanol–water partition coefficient (Wildman–Crippen LogP) is 1.65. The van der Waals surface area contributed by atoms with Crippen molar-refractivity contribution in [2.75, 3.05) is 18.1 Å². The standard InChI is InChI=1S/C12H23NO2S/c1-9(8-14)10(2)13-12(15)7-11-3-5-16-6-4-11/h9-11,14H,3-8H2,1-2H3,(H,13,15). The average Bonchev–Trinajstić information content (AvgIpc) is 2.29. The van der Waals surface area contributed by atoms with Gasteiger partial charge in [0.05, 0.1) is 0 Å². The zero-order valence-electron chi connectivity index (χ0n) is 10.2. The van der Waals surface area contributed by atoms with Gasteiger partial charge >= 0.3 is 0 Å². The fourth-order valence-electron chi connectivity index (χ4n) is 1.83. The van der Waals surface area contributed by atoms with Crippen molar-refractivity contribution in [1.82, 2.24) is 5.32 Å². The molecule has 3 nitrogen and oxygen atoms in total. The van der Waals surface area contributed by atoms with Gasteiger partial charge in [-0.25, -0.2) is 0 Å². The smallest absolute Gasteiger partial charge is 0.220 e. The molecule has 4 heteroatoms. The number of aliphatic hydroxyl groups excluding tert-OH is 1. The van der Waals surface area contributed by atoms with Gasteiger partial charge in [0.25, 0.3) is 0 Å². The van der Waals surface area contributed by atoms with Gasteiger partial charge in [0.1, 0.15) is 0 Å².